The number of hydrogen-bond acceptors (Lipinski definition) is 5. The number of morpholine rings is 1. The van der Waals surface area contributed by atoms with E-state index in [0.717, 1.165) is 50.2 Å². The van der Waals surface area contributed by atoms with Crippen molar-refractivity contribution in [3.8, 4) is 0 Å². The molecule has 1 aromatic heterocycles. The third-order valence-electron chi connectivity index (χ3n) is 5.75. The molecule has 0 aliphatic carbocycles. The normalized spacial score (nSPS) is 22.1. The molecule has 0 radical (unpaired) electrons. The fourth-order valence-electron chi connectivity index (χ4n) is 4.13. The highest BCUT2D eigenvalue weighted by Crippen LogP contribution is 2.25. The first-order valence-corrected chi connectivity index (χ1v) is 10.4. The summed E-state index contributed by atoms with van der Waals surface area (Å²) >= 11 is 0. The van der Waals surface area contributed by atoms with Gasteiger partial charge in [-0.05, 0) is 11.5 Å². The quantitative estimate of drug-likeness (QED) is 0.368. The maximum Gasteiger partial charge on any atom is 0.194 e. The minimum atomic E-state index is 0. The van der Waals surface area contributed by atoms with Gasteiger partial charge in [0.2, 0.25) is 0 Å². The van der Waals surface area contributed by atoms with Crippen LogP contribution in [0.2, 0.25) is 0 Å². The van der Waals surface area contributed by atoms with E-state index in [2.05, 4.69) is 69.4 Å². The Bertz CT molecular complexity index is 826. The topological polar surface area (TPSA) is 66.1 Å². The van der Waals surface area contributed by atoms with E-state index in [1.807, 2.05) is 13.1 Å². The second-order valence-electron chi connectivity index (χ2n) is 8.11. The van der Waals surface area contributed by atoms with Gasteiger partial charge >= 0.3 is 0 Å². The molecule has 2 atom stereocenters. The number of aliphatic imine (C=N–C) groups is 1. The zero-order chi connectivity index (χ0) is 20.2. The number of nitrogens with zero attached hydrogens (tertiary/aromatic N) is 4. The predicted molar refractivity (Wildman–Crippen MR) is 128 cm³/mol. The number of hydrogen-bond donors (Lipinski definition) is 1. The molecule has 3 heterocycles. The van der Waals surface area contributed by atoms with E-state index in [1.165, 1.54) is 5.56 Å². The molecule has 164 valence electrons. The van der Waals surface area contributed by atoms with Crippen LogP contribution in [0.3, 0.4) is 0 Å². The van der Waals surface area contributed by atoms with Crippen LogP contribution in [-0.4, -0.2) is 66.4 Å². The predicted octanol–water partition coefficient (Wildman–Crippen LogP) is 3.08. The Morgan fingerprint density at radius 1 is 1.27 bits per heavy atom. The van der Waals surface area contributed by atoms with Crippen LogP contribution >= 0.6 is 24.0 Å². The van der Waals surface area contributed by atoms with E-state index < -0.39 is 0 Å². The van der Waals surface area contributed by atoms with Crippen molar-refractivity contribution in [3.63, 3.8) is 0 Å². The van der Waals surface area contributed by atoms with Crippen molar-refractivity contribution in [1.29, 1.82) is 0 Å². The molecule has 0 amide bonds. The number of aromatic nitrogens is 1. The lowest BCUT2D eigenvalue weighted by molar-refractivity contribution is -0.0502. The molecule has 2 aliphatic heterocycles. The average Bonchev–Trinajstić information content (AvgIpc) is 3.37. The summed E-state index contributed by atoms with van der Waals surface area (Å²) in [5.74, 6) is 2.07. The molecule has 7 nitrogen and oxygen atoms in total. The molecular formula is C22H32IN5O2. The Morgan fingerprint density at radius 2 is 2.07 bits per heavy atom. The van der Waals surface area contributed by atoms with Crippen molar-refractivity contribution in [2.24, 2.45) is 4.99 Å². The number of nitrogens with one attached hydrogen (secondary N) is 1. The fraction of sp³-hybridized carbons (Fsp3) is 0.545. The highest BCUT2D eigenvalue weighted by molar-refractivity contribution is 14.0. The lowest BCUT2D eigenvalue weighted by atomic mass is 10.1. The minimum Gasteiger partial charge on any atom is -0.373 e. The van der Waals surface area contributed by atoms with Gasteiger partial charge in [-0.1, -0.05) is 49.3 Å². The Balaban J connectivity index is 0.00000256. The summed E-state index contributed by atoms with van der Waals surface area (Å²) in [7, 11) is 1.83. The summed E-state index contributed by atoms with van der Waals surface area (Å²) in [5, 5.41) is 7.55. The van der Waals surface area contributed by atoms with E-state index in [-0.39, 0.29) is 30.1 Å². The zero-order valence-electron chi connectivity index (χ0n) is 18.0. The molecule has 0 spiro atoms. The number of halogens is 1. The van der Waals surface area contributed by atoms with Gasteiger partial charge in [0.05, 0.1) is 31.0 Å². The zero-order valence-corrected chi connectivity index (χ0v) is 20.3. The molecule has 2 aromatic rings. The number of fused-ring (bicyclic) bond motifs is 1. The third-order valence-corrected chi connectivity index (χ3v) is 5.75. The first-order chi connectivity index (χ1) is 14.1. The number of benzene rings is 1. The third kappa shape index (κ3) is 5.33. The lowest BCUT2D eigenvalue weighted by Crippen LogP contribution is -2.50. The van der Waals surface area contributed by atoms with Gasteiger partial charge in [-0.3, -0.25) is 9.89 Å². The van der Waals surface area contributed by atoms with Crippen molar-refractivity contribution in [2.45, 2.75) is 45.0 Å². The fourth-order valence-corrected chi connectivity index (χ4v) is 4.13. The highest BCUT2D eigenvalue weighted by atomic mass is 127. The Labute approximate surface area is 195 Å². The maximum absolute atomic E-state index is 6.09. The molecule has 2 saturated heterocycles. The van der Waals surface area contributed by atoms with Gasteiger partial charge in [0.15, 0.2) is 11.7 Å². The Hall–Kier alpha value is -1.65. The summed E-state index contributed by atoms with van der Waals surface area (Å²) in [6.45, 7) is 9.26. The van der Waals surface area contributed by atoms with E-state index >= 15 is 0 Å². The maximum atomic E-state index is 6.09. The Kier molecular flexibility index (Phi) is 8.13. The largest absolute Gasteiger partial charge is 0.373 e. The molecule has 2 unspecified atom stereocenters. The number of rotatable bonds is 5. The summed E-state index contributed by atoms with van der Waals surface area (Å²) in [5.41, 5.74) is 2.33. The number of likely N-dealkylation sites (tertiary alicyclic amines) is 1. The average molecular weight is 525 g/mol. The second kappa shape index (κ2) is 10.6. The van der Waals surface area contributed by atoms with Crippen molar-refractivity contribution in [3.05, 3.63) is 53.4 Å². The van der Waals surface area contributed by atoms with Crippen LogP contribution in [-0.2, 0) is 17.8 Å². The summed E-state index contributed by atoms with van der Waals surface area (Å²) in [4.78, 5) is 9.32. The van der Waals surface area contributed by atoms with Gasteiger partial charge in [-0.2, -0.15) is 0 Å². The molecular weight excluding hydrogens is 493 g/mol. The van der Waals surface area contributed by atoms with Gasteiger partial charge in [-0.15, -0.1) is 24.0 Å². The standard InChI is InChI=1S/C22H31N5O2.HI/c1-16(2)19-11-18(29-25-19)12-24-22(23-3)27-14-20-21(15-27)28-10-9-26(20)13-17-7-5-4-6-8-17;/h4-8,11,16,20-21H,9-10,12-15H2,1-3H3,(H,23,24);1H. The minimum absolute atomic E-state index is 0. The van der Waals surface area contributed by atoms with Crippen molar-refractivity contribution in [2.75, 3.05) is 33.3 Å². The van der Waals surface area contributed by atoms with Gasteiger partial charge < -0.3 is 19.5 Å². The Morgan fingerprint density at radius 3 is 2.77 bits per heavy atom. The molecule has 8 heteroatoms. The molecule has 2 aliphatic rings. The van der Waals surface area contributed by atoms with Gasteiger partial charge in [0.25, 0.3) is 0 Å². The van der Waals surface area contributed by atoms with Crippen LogP contribution in [0.25, 0.3) is 0 Å². The van der Waals surface area contributed by atoms with Crippen LogP contribution in [0.15, 0.2) is 45.9 Å². The van der Waals surface area contributed by atoms with Gasteiger partial charge in [-0.25, -0.2) is 0 Å². The summed E-state index contributed by atoms with van der Waals surface area (Å²) < 4.78 is 11.5. The first kappa shape index (κ1) is 23.0. The van der Waals surface area contributed by atoms with Crippen LogP contribution in [0.5, 0.6) is 0 Å². The van der Waals surface area contributed by atoms with Crippen LogP contribution in [0.1, 0.15) is 36.8 Å². The molecule has 4 rings (SSSR count). The SMILES string of the molecule is CN=C(NCc1cc(C(C)C)no1)N1CC2OCCN(Cc3ccccc3)C2C1.I. The number of ether oxygens (including phenoxy) is 1. The molecule has 0 bridgehead atoms. The molecule has 0 saturated carbocycles. The van der Waals surface area contributed by atoms with E-state index in [4.69, 9.17) is 9.26 Å². The van der Waals surface area contributed by atoms with E-state index in [9.17, 15) is 0 Å². The molecule has 1 N–H and O–H groups in total. The van der Waals surface area contributed by atoms with Crippen molar-refractivity contribution >= 4 is 29.9 Å². The number of guanidine groups is 1. The van der Waals surface area contributed by atoms with Crippen LogP contribution < -0.4 is 5.32 Å². The van der Waals surface area contributed by atoms with Gasteiger partial charge in [0.1, 0.15) is 0 Å². The summed E-state index contributed by atoms with van der Waals surface area (Å²) in [6, 6.07) is 13.1. The highest BCUT2D eigenvalue weighted by Gasteiger charge is 2.41. The van der Waals surface area contributed by atoms with Crippen LogP contribution in [0, 0.1) is 0 Å². The second-order valence-corrected chi connectivity index (χ2v) is 8.11. The molecule has 2 fully saturated rings. The molecule has 30 heavy (non-hydrogen) atoms. The summed E-state index contributed by atoms with van der Waals surface area (Å²) in [6.07, 6.45) is 0.212. The van der Waals surface area contributed by atoms with Crippen LogP contribution in [0.4, 0.5) is 0 Å². The van der Waals surface area contributed by atoms with E-state index in [0.29, 0.717) is 18.5 Å². The van der Waals surface area contributed by atoms with Gasteiger partial charge in [0, 0.05) is 39.3 Å². The molecule has 1 aromatic carbocycles. The lowest BCUT2D eigenvalue weighted by Gasteiger charge is -2.36. The monoisotopic (exact) mass is 525 g/mol. The van der Waals surface area contributed by atoms with Crippen molar-refractivity contribution < 1.29 is 9.26 Å². The first-order valence-electron chi connectivity index (χ1n) is 10.4. The van der Waals surface area contributed by atoms with E-state index in [1.54, 1.807) is 0 Å². The van der Waals surface area contributed by atoms with Crippen molar-refractivity contribution in [1.82, 2.24) is 20.3 Å². The smallest absolute Gasteiger partial charge is 0.194 e.